The van der Waals surface area contributed by atoms with Crippen LogP contribution >= 0.6 is 0 Å². The van der Waals surface area contributed by atoms with Crippen molar-refractivity contribution >= 4 is 39.9 Å². The number of pyridine rings is 1. The van der Waals surface area contributed by atoms with Gasteiger partial charge in [0.2, 0.25) is 11.8 Å². The summed E-state index contributed by atoms with van der Waals surface area (Å²) in [5.41, 5.74) is 3.97. The number of para-hydroxylation sites is 1. The molecule has 0 radical (unpaired) electrons. The van der Waals surface area contributed by atoms with Gasteiger partial charge in [-0.25, -0.2) is 4.98 Å². The average molecular weight is 517 g/mol. The number of benzene rings is 2. The van der Waals surface area contributed by atoms with Gasteiger partial charge in [0, 0.05) is 75.4 Å². The van der Waals surface area contributed by atoms with Crippen LogP contribution in [0.3, 0.4) is 0 Å². The molecule has 0 aliphatic carbocycles. The summed E-state index contributed by atoms with van der Waals surface area (Å²) >= 11 is 0. The van der Waals surface area contributed by atoms with Crippen LogP contribution in [0, 0.1) is 6.92 Å². The van der Waals surface area contributed by atoms with Crippen molar-refractivity contribution in [2.75, 3.05) is 68.0 Å². The second-order valence-corrected chi connectivity index (χ2v) is 9.99. The normalized spacial score (nSPS) is 13.9. The minimum atomic E-state index is -0.166. The van der Waals surface area contributed by atoms with E-state index in [0.717, 1.165) is 73.7 Å². The topological polar surface area (TPSA) is 80.8 Å². The molecule has 1 aliphatic heterocycles. The van der Waals surface area contributed by atoms with Crippen molar-refractivity contribution in [3.63, 3.8) is 0 Å². The molecule has 1 fully saturated rings. The molecule has 2 aromatic carbocycles. The molecule has 38 heavy (non-hydrogen) atoms. The lowest BCUT2D eigenvalue weighted by Gasteiger charge is -2.33. The van der Waals surface area contributed by atoms with E-state index in [1.807, 2.05) is 36.4 Å². The first-order valence-corrected chi connectivity index (χ1v) is 13.6. The largest absolute Gasteiger partial charge is 0.372 e. The van der Waals surface area contributed by atoms with Crippen molar-refractivity contribution in [1.82, 2.24) is 15.2 Å². The number of amides is 2. The second kappa shape index (κ2) is 13.2. The van der Waals surface area contributed by atoms with Crippen molar-refractivity contribution in [1.29, 1.82) is 0 Å². The molecule has 0 bridgehead atoms. The molecule has 8 nitrogen and oxygen atoms in total. The van der Waals surface area contributed by atoms with Crippen molar-refractivity contribution in [3.05, 3.63) is 60.2 Å². The Morgan fingerprint density at radius 1 is 0.974 bits per heavy atom. The molecule has 1 aliphatic rings. The van der Waals surface area contributed by atoms with Crippen LogP contribution in [-0.4, -0.2) is 74.6 Å². The van der Waals surface area contributed by atoms with Crippen molar-refractivity contribution in [2.45, 2.75) is 33.1 Å². The molecule has 4 rings (SSSR count). The maximum absolute atomic E-state index is 12.5. The number of piperazine rings is 1. The monoisotopic (exact) mass is 516 g/mol. The first-order chi connectivity index (χ1) is 18.4. The maximum atomic E-state index is 12.5. The highest BCUT2D eigenvalue weighted by Gasteiger charge is 2.17. The highest BCUT2D eigenvalue weighted by atomic mass is 16.2. The zero-order valence-corrected chi connectivity index (χ0v) is 22.9. The number of carbonyl (C=O) groups is 2. The van der Waals surface area contributed by atoms with Gasteiger partial charge in [0.15, 0.2) is 0 Å². The van der Waals surface area contributed by atoms with Gasteiger partial charge in [0.05, 0.1) is 5.52 Å². The van der Waals surface area contributed by atoms with E-state index >= 15 is 0 Å². The lowest BCUT2D eigenvalue weighted by molar-refractivity contribution is -0.124. The number of nitrogens with zero attached hydrogens (tertiary/aromatic N) is 4. The Labute approximate surface area is 226 Å². The molecule has 1 saturated heterocycles. The highest BCUT2D eigenvalue weighted by molar-refractivity contribution is 5.96. The molecule has 2 amide bonds. The number of nitrogens with one attached hydrogen (secondary N) is 2. The zero-order valence-electron chi connectivity index (χ0n) is 22.9. The fourth-order valence-electron chi connectivity index (χ4n) is 4.80. The Morgan fingerprint density at radius 3 is 2.45 bits per heavy atom. The molecule has 0 saturated carbocycles. The Morgan fingerprint density at radius 2 is 1.71 bits per heavy atom. The number of likely N-dealkylation sites (N-methyl/N-ethyl adjacent to an activating group) is 1. The number of aryl methyl sites for hydroxylation is 1. The predicted molar refractivity (Wildman–Crippen MR) is 156 cm³/mol. The lowest BCUT2D eigenvalue weighted by Crippen LogP contribution is -2.44. The van der Waals surface area contributed by atoms with Crippen LogP contribution in [0.4, 0.5) is 17.2 Å². The molecule has 3 aromatic rings. The molecule has 0 spiro atoms. The van der Waals surface area contributed by atoms with E-state index < -0.39 is 0 Å². The van der Waals surface area contributed by atoms with Gasteiger partial charge in [-0.15, -0.1) is 0 Å². The van der Waals surface area contributed by atoms with Crippen LogP contribution in [0.25, 0.3) is 10.9 Å². The predicted octanol–water partition coefficient (Wildman–Crippen LogP) is 4.05. The number of hydrogen-bond donors (Lipinski definition) is 2. The summed E-state index contributed by atoms with van der Waals surface area (Å²) in [6.07, 6.45) is 1.17. The van der Waals surface area contributed by atoms with Crippen LogP contribution < -0.4 is 20.4 Å². The summed E-state index contributed by atoms with van der Waals surface area (Å²) in [6, 6.07) is 18.2. The van der Waals surface area contributed by atoms with Gasteiger partial charge in [-0.1, -0.05) is 18.2 Å². The summed E-state index contributed by atoms with van der Waals surface area (Å²) in [4.78, 5) is 36.6. The Hall–Kier alpha value is -3.65. The van der Waals surface area contributed by atoms with Gasteiger partial charge in [-0.3, -0.25) is 9.59 Å². The third-order valence-electron chi connectivity index (χ3n) is 7.12. The third-order valence-corrected chi connectivity index (χ3v) is 7.12. The molecular weight excluding hydrogens is 476 g/mol. The van der Waals surface area contributed by atoms with E-state index in [2.05, 4.69) is 64.4 Å². The van der Waals surface area contributed by atoms with Crippen molar-refractivity contribution in [3.8, 4) is 0 Å². The van der Waals surface area contributed by atoms with Gasteiger partial charge in [-0.2, -0.15) is 0 Å². The van der Waals surface area contributed by atoms with E-state index in [0.29, 0.717) is 6.54 Å². The number of hydrogen-bond acceptors (Lipinski definition) is 6. The zero-order chi connectivity index (χ0) is 26.9. The SMILES string of the molecule is CCN(CCCNC(=O)CCC(=O)Nc1ccc2nc(N3CCN(C)CC3)cc(C)c2c1)c1ccccc1. The molecule has 0 unspecified atom stereocenters. The summed E-state index contributed by atoms with van der Waals surface area (Å²) in [5, 5.41) is 6.90. The van der Waals surface area contributed by atoms with Crippen molar-refractivity contribution < 1.29 is 9.59 Å². The molecule has 2 N–H and O–H groups in total. The highest BCUT2D eigenvalue weighted by Crippen LogP contribution is 2.26. The van der Waals surface area contributed by atoms with Gasteiger partial charge < -0.3 is 25.3 Å². The number of carbonyl (C=O) groups excluding carboxylic acids is 2. The van der Waals surface area contributed by atoms with Crippen LogP contribution in [0.5, 0.6) is 0 Å². The van der Waals surface area contributed by atoms with Gasteiger partial charge in [-0.05, 0) is 69.3 Å². The molecule has 2 heterocycles. The van der Waals surface area contributed by atoms with Crippen LogP contribution in [0.2, 0.25) is 0 Å². The quantitative estimate of drug-likeness (QED) is 0.375. The first-order valence-electron chi connectivity index (χ1n) is 13.6. The van der Waals surface area contributed by atoms with Crippen LogP contribution in [-0.2, 0) is 9.59 Å². The molecule has 0 atom stereocenters. The first kappa shape index (κ1) is 27.4. The Bertz CT molecular complexity index is 1220. The van der Waals surface area contributed by atoms with Crippen LogP contribution in [0.1, 0.15) is 31.7 Å². The second-order valence-electron chi connectivity index (χ2n) is 9.99. The van der Waals surface area contributed by atoms with Crippen LogP contribution in [0.15, 0.2) is 54.6 Å². The Balaban J connectivity index is 1.22. The molecule has 202 valence electrons. The number of fused-ring (bicyclic) bond motifs is 1. The molecule has 1 aromatic heterocycles. The van der Waals surface area contributed by atoms with Gasteiger partial charge in [0.1, 0.15) is 5.82 Å². The maximum Gasteiger partial charge on any atom is 0.224 e. The summed E-state index contributed by atoms with van der Waals surface area (Å²) in [7, 11) is 2.15. The third kappa shape index (κ3) is 7.44. The molecular formula is C30H40N6O2. The standard InChI is InChI=1S/C30H40N6O2/c1-4-35(25-9-6-5-7-10-25)16-8-15-31-29(37)13-14-30(38)32-24-11-12-27-26(22-24)23(2)21-28(33-27)36-19-17-34(3)18-20-36/h5-7,9-12,21-22H,4,8,13-20H2,1-3H3,(H,31,37)(H,32,38). The minimum absolute atomic E-state index is 0.0992. The van der Waals surface area contributed by atoms with E-state index in [-0.39, 0.29) is 24.7 Å². The summed E-state index contributed by atoms with van der Waals surface area (Å²) in [5.74, 6) is 0.742. The molecule has 8 heteroatoms. The number of aromatic nitrogens is 1. The fraction of sp³-hybridized carbons (Fsp3) is 0.433. The number of anilines is 3. The van der Waals surface area contributed by atoms with E-state index in [1.165, 1.54) is 5.69 Å². The summed E-state index contributed by atoms with van der Waals surface area (Å²) in [6.45, 7) is 10.6. The fourth-order valence-corrected chi connectivity index (χ4v) is 4.80. The minimum Gasteiger partial charge on any atom is -0.372 e. The number of rotatable bonds is 11. The van der Waals surface area contributed by atoms with E-state index in [9.17, 15) is 9.59 Å². The lowest BCUT2D eigenvalue weighted by atomic mass is 10.1. The van der Waals surface area contributed by atoms with Crippen molar-refractivity contribution in [2.24, 2.45) is 0 Å². The van der Waals surface area contributed by atoms with Gasteiger partial charge >= 0.3 is 0 Å². The Kier molecular flexibility index (Phi) is 9.54. The van der Waals surface area contributed by atoms with Gasteiger partial charge in [0.25, 0.3) is 0 Å². The van der Waals surface area contributed by atoms with E-state index in [1.54, 1.807) is 0 Å². The average Bonchev–Trinajstić information content (AvgIpc) is 2.93. The smallest absolute Gasteiger partial charge is 0.224 e. The summed E-state index contributed by atoms with van der Waals surface area (Å²) < 4.78 is 0. The van der Waals surface area contributed by atoms with E-state index in [4.69, 9.17) is 4.98 Å².